The Hall–Kier alpha value is -3.06. The van der Waals surface area contributed by atoms with Gasteiger partial charge in [0.1, 0.15) is 19.0 Å². The van der Waals surface area contributed by atoms with Gasteiger partial charge in [-0.1, -0.05) is 37.5 Å². The Kier molecular flexibility index (Phi) is 10.0. The summed E-state index contributed by atoms with van der Waals surface area (Å²) in [7, 11) is 1.61. The quantitative estimate of drug-likeness (QED) is 0.156. The molecule has 0 atom stereocenters. The van der Waals surface area contributed by atoms with Gasteiger partial charge in [-0.05, 0) is 72.4 Å². The van der Waals surface area contributed by atoms with Gasteiger partial charge in [0, 0.05) is 6.54 Å². The third kappa shape index (κ3) is 8.09. The van der Waals surface area contributed by atoms with Crippen molar-refractivity contribution in [2.75, 3.05) is 26.9 Å². The van der Waals surface area contributed by atoms with Crippen molar-refractivity contribution >= 4 is 23.5 Å². The molecular formula is C26H33N3O3S. The van der Waals surface area contributed by atoms with Gasteiger partial charge in [-0.15, -0.1) is 6.58 Å². The highest BCUT2D eigenvalue weighted by molar-refractivity contribution is 7.80. The van der Waals surface area contributed by atoms with Gasteiger partial charge in [-0.25, -0.2) is 0 Å². The van der Waals surface area contributed by atoms with Crippen molar-refractivity contribution in [3.63, 3.8) is 0 Å². The van der Waals surface area contributed by atoms with E-state index in [1.165, 1.54) is 37.7 Å². The molecule has 176 valence electrons. The van der Waals surface area contributed by atoms with E-state index in [4.69, 9.17) is 26.4 Å². The molecule has 0 bridgehead atoms. The molecule has 0 heterocycles. The molecule has 0 spiro atoms. The van der Waals surface area contributed by atoms with Crippen LogP contribution in [0.3, 0.4) is 0 Å². The number of methoxy groups -OCH3 is 1. The van der Waals surface area contributed by atoms with Gasteiger partial charge in [0.25, 0.3) is 0 Å². The Bertz CT molecular complexity index is 925. The summed E-state index contributed by atoms with van der Waals surface area (Å²) in [6, 6.07) is 14.1. The van der Waals surface area contributed by atoms with Gasteiger partial charge in [0.15, 0.2) is 16.6 Å². The van der Waals surface area contributed by atoms with E-state index in [2.05, 4.69) is 46.7 Å². The third-order valence-electron chi connectivity index (χ3n) is 5.54. The first-order valence-corrected chi connectivity index (χ1v) is 11.8. The van der Waals surface area contributed by atoms with Crippen molar-refractivity contribution < 1.29 is 14.2 Å². The van der Waals surface area contributed by atoms with Gasteiger partial charge in [-0.3, -0.25) is 5.43 Å². The maximum Gasteiger partial charge on any atom is 0.187 e. The van der Waals surface area contributed by atoms with Crippen LogP contribution in [-0.2, 0) is 0 Å². The van der Waals surface area contributed by atoms with Gasteiger partial charge in [0.2, 0.25) is 0 Å². The zero-order valence-corrected chi connectivity index (χ0v) is 20.0. The molecule has 2 aromatic rings. The van der Waals surface area contributed by atoms with Crippen molar-refractivity contribution in [1.29, 1.82) is 0 Å². The molecule has 0 amide bonds. The molecule has 0 radical (unpaired) electrons. The van der Waals surface area contributed by atoms with E-state index in [1.807, 2.05) is 18.2 Å². The smallest absolute Gasteiger partial charge is 0.187 e. The van der Waals surface area contributed by atoms with Crippen LogP contribution in [0.5, 0.6) is 17.2 Å². The zero-order chi connectivity index (χ0) is 23.3. The molecule has 6 nitrogen and oxygen atoms in total. The van der Waals surface area contributed by atoms with E-state index in [9.17, 15) is 0 Å². The van der Waals surface area contributed by atoms with Crippen LogP contribution < -0.4 is 25.0 Å². The molecule has 0 unspecified atom stereocenters. The number of benzene rings is 2. The highest BCUT2D eigenvalue weighted by Gasteiger charge is 2.15. The minimum Gasteiger partial charge on any atom is -0.493 e. The Morgan fingerprint density at radius 3 is 2.55 bits per heavy atom. The lowest BCUT2D eigenvalue weighted by molar-refractivity contribution is 0.211. The third-order valence-corrected chi connectivity index (χ3v) is 5.78. The van der Waals surface area contributed by atoms with Gasteiger partial charge in [-0.2, -0.15) is 5.10 Å². The van der Waals surface area contributed by atoms with Crippen LogP contribution in [0.15, 0.2) is 60.2 Å². The minimum absolute atomic E-state index is 0.416. The van der Waals surface area contributed by atoms with Crippen LogP contribution >= 0.6 is 12.2 Å². The Balaban J connectivity index is 1.44. The Morgan fingerprint density at radius 1 is 1.06 bits per heavy atom. The van der Waals surface area contributed by atoms with Crippen molar-refractivity contribution in [2.45, 2.75) is 38.0 Å². The van der Waals surface area contributed by atoms with Crippen LogP contribution in [0, 0.1) is 0 Å². The first kappa shape index (κ1) is 24.6. The van der Waals surface area contributed by atoms with E-state index in [0.29, 0.717) is 42.3 Å². The number of ether oxygens (including phenoxy) is 3. The SMILES string of the molecule is C=CCNC(=S)NN=Cc1ccc(OCCOc2ccc(C3CCCCC3)cc2)c(OC)c1. The first-order chi connectivity index (χ1) is 16.2. The Labute approximate surface area is 202 Å². The molecule has 33 heavy (non-hydrogen) atoms. The van der Waals surface area contributed by atoms with E-state index >= 15 is 0 Å². The molecule has 0 aromatic heterocycles. The molecule has 7 heteroatoms. The standard InChI is InChI=1S/C26H33N3O3S/c1-3-15-27-26(33)29-28-19-20-9-14-24(25(18-20)30-2)32-17-16-31-23-12-10-22(11-13-23)21-7-5-4-6-8-21/h3,9-14,18-19,21H,1,4-8,15-17H2,2H3,(H2,27,29,33). The van der Waals surface area contributed by atoms with Crippen molar-refractivity contribution in [3.05, 3.63) is 66.2 Å². The fourth-order valence-corrected chi connectivity index (χ4v) is 3.97. The molecule has 1 aliphatic rings. The Morgan fingerprint density at radius 2 is 1.82 bits per heavy atom. The lowest BCUT2D eigenvalue weighted by Crippen LogP contribution is -2.31. The minimum atomic E-state index is 0.416. The monoisotopic (exact) mass is 467 g/mol. The molecule has 1 aliphatic carbocycles. The van der Waals surface area contributed by atoms with E-state index in [-0.39, 0.29) is 0 Å². The van der Waals surface area contributed by atoms with Gasteiger partial charge < -0.3 is 19.5 Å². The van der Waals surface area contributed by atoms with Crippen LogP contribution in [0.25, 0.3) is 0 Å². The summed E-state index contributed by atoms with van der Waals surface area (Å²) in [5.41, 5.74) is 5.03. The van der Waals surface area contributed by atoms with Crippen LogP contribution in [-0.4, -0.2) is 38.2 Å². The van der Waals surface area contributed by atoms with Crippen molar-refractivity contribution in [3.8, 4) is 17.2 Å². The second-order valence-corrected chi connectivity index (χ2v) is 8.29. The maximum absolute atomic E-state index is 5.86. The number of rotatable bonds is 11. The molecule has 0 aliphatic heterocycles. The largest absolute Gasteiger partial charge is 0.493 e. The van der Waals surface area contributed by atoms with Gasteiger partial charge >= 0.3 is 0 Å². The molecule has 1 saturated carbocycles. The summed E-state index contributed by atoms with van der Waals surface area (Å²) in [6.07, 6.45) is 10.0. The average Bonchev–Trinajstić information content (AvgIpc) is 2.86. The summed E-state index contributed by atoms with van der Waals surface area (Å²) in [5.74, 6) is 2.85. The number of hydrazone groups is 1. The summed E-state index contributed by atoms with van der Waals surface area (Å²) in [5, 5.41) is 7.49. The molecule has 1 fully saturated rings. The normalized spacial score (nSPS) is 14.0. The number of hydrogen-bond donors (Lipinski definition) is 2. The van der Waals surface area contributed by atoms with E-state index in [1.54, 1.807) is 19.4 Å². The van der Waals surface area contributed by atoms with Crippen LogP contribution in [0.1, 0.15) is 49.1 Å². The van der Waals surface area contributed by atoms with Crippen molar-refractivity contribution in [2.24, 2.45) is 5.10 Å². The van der Waals surface area contributed by atoms with Crippen LogP contribution in [0.2, 0.25) is 0 Å². The lowest BCUT2D eigenvalue weighted by Gasteiger charge is -2.22. The highest BCUT2D eigenvalue weighted by atomic mass is 32.1. The molecule has 2 aromatic carbocycles. The number of nitrogens with one attached hydrogen (secondary N) is 2. The lowest BCUT2D eigenvalue weighted by atomic mass is 9.84. The number of thiocarbonyl (C=S) groups is 1. The van der Waals surface area contributed by atoms with Crippen LogP contribution in [0.4, 0.5) is 0 Å². The molecule has 3 rings (SSSR count). The molecule has 2 N–H and O–H groups in total. The molecular weight excluding hydrogens is 434 g/mol. The summed E-state index contributed by atoms with van der Waals surface area (Å²) < 4.78 is 17.2. The number of nitrogens with zero attached hydrogens (tertiary/aromatic N) is 1. The summed E-state index contributed by atoms with van der Waals surface area (Å²) in [4.78, 5) is 0. The predicted octanol–water partition coefficient (Wildman–Crippen LogP) is 5.18. The summed E-state index contributed by atoms with van der Waals surface area (Å²) >= 11 is 5.09. The summed E-state index contributed by atoms with van der Waals surface area (Å²) in [6.45, 7) is 5.08. The fourth-order valence-electron chi connectivity index (χ4n) is 3.84. The zero-order valence-electron chi connectivity index (χ0n) is 19.2. The first-order valence-electron chi connectivity index (χ1n) is 11.4. The average molecular weight is 468 g/mol. The highest BCUT2D eigenvalue weighted by Crippen LogP contribution is 2.33. The maximum atomic E-state index is 5.86. The topological polar surface area (TPSA) is 64.1 Å². The second kappa shape index (κ2) is 13.5. The van der Waals surface area contributed by atoms with E-state index < -0.39 is 0 Å². The molecule has 0 saturated heterocycles. The second-order valence-electron chi connectivity index (χ2n) is 7.88. The number of hydrogen-bond acceptors (Lipinski definition) is 5. The van der Waals surface area contributed by atoms with E-state index in [0.717, 1.165) is 11.3 Å². The van der Waals surface area contributed by atoms with Gasteiger partial charge in [0.05, 0.1) is 13.3 Å². The van der Waals surface area contributed by atoms with Crippen molar-refractivity contribution in [1.82, 2.24) is 10.7 Å². The predicted molar refractivity (Wildman–Crippen MR) is 138 cm³/mol. The fraction of sp³-hybridized carbons (Fsp3) is 0.385.